The van der Waals surface area contributed by atoms with E-state index >= 15 is 0 Å². The zero-order valence-electron chi connectivity index (χ0n) is 16.5. The van der Waals surface area contributed by atoms with Crippen molar-refractivity contribution in [1.82, 2.24) is 5.32 Å². The second kappa shape index (κ2) is 9.43. The number of amides is 1. The summed E-state index contributed by atoms with van der Waals surface area (Å²) in [6.07, 6.45) is 1.62. The summed E-state index contributed by atoms with van der Waals surface area (Å²) in [4.78, 5) is 28.8. The zero-order chi connectivity index (χ0) is 20.8. The lowest BCUT2D eigenvalue weighted by atomic mass is 10.2. The lowest BCUT2D eigenvalue weighted by molar-refractivity contribution is -0.149. The summed E-state index contributed by atoms with van der Waals surface area (Å²) < 4.78 is 10.4. The van der Waals surface area contributed by atoms with Crippen molar-refractivity contribution in [2.75, 3.05) is 6.61 Å². The third kappa shape index (κ3) is 5.96. The van der Waals surface area contributed by atoms with Gasteiger partial charge in [0, 0.05) is 0 Å². The van der Waals surface area contributed by atoms with Crippen molar-refractivity contribution in [2.45, 2.75) is 26.9 Å². The molecule has 1 N–H and O–H groups in total. The number of hydrogen-bond donors (Lipinski definition) is 1. The highest BCUT2D eigenvalue weighted by Gasteiger charge is 2.23. The lowest BCUT2D eigenvalue weighted by Gasteiger charge is -2.09. The molecule has 3 rings (SSSR count). The number of esters is 1. The molecule has 0 aromatic heterocycles. The fourth-order valence-electron chi connectivity index (χ4n) is 2.53. The van der Waals surface area contributed by atoms with Gasteiger partial charge in [-0.3, -0.25) is 4.79 Å². The summed E-state index contributed by atoms with van der Waals surface area (Å²) >= 11 is 1.30. The Kier molecular flexibility index (Phi) is 6.72. The second-order valence-corrected chi connectivity index (χ2v) is 7.70. The van der Waals surface area contributed by atoms with Crippen LogP contribution in [0.2, 0.25) is 0 Å². The number of carbonyl (C=O) groups is 2. The highest BCUT2D eigenvalue weighted by Crippen LogP contribution is 2.29. The maximum absolute atomic E-state index is 12.2. The first kappa shape index (κ1) is 20.7. The molecule has 150 valence electrons. The molecule has 1 aliphatic heterocycles. The van der Waals surface area contributed by atoms with Gasteiger partial charge in [-0.25, -0.2) is 9.79 Å². The van der Waals surface area contributed by atoms with E-state index in [0.29, 0.717) is 15.8 Å². The van der Waals surface area contributed by atoms with Crippen molar-refractivity contribution < 1.29 is 19.1 Å². The maximum Gasteiger partial charge on any atom is 0.344 e. The fourth-order valence-corrected chi connectivity index (χ4v) is 3.36. The number of carbonyl (C=O) groups excluding carboxylic acids is 2. The fraction of sp³-hybridized carbons (Fsp3) is 0.227. The number of aryl methyl sites for hydroxylation is 1. The van der Waals surface area contributed by atoms with Crippen LogP contribution in [0.3, 0.4) is 0 Å². The molecular weight excluding hydrogens is 388 g/mol. The third-order valence-corrected chi connectivity index (χ3v) is 4.80. The van der Waals surface area contributed by atoms with Crippen molar-refractivity contribution in [3.63, 3.8) is 0 Å². The predicted octanol–water partition coefficient (Wildman–Crippen LogP) is 4.22. The van der Waals surface area contributed by atoms with Gasteiger partial charge < -0.3 is 14.8 Å². The average Bonchev–Trinajstić information content (AvgIpc) is 3.01. The maximum atomic E-state index is 12.2. The number of ether oxygens (including phenoxy) is 2. The Labute approximate surface area is 174 Å². The van der Waals surface area contributed by atoms with E-state index in [0.717, 1.165) is 16.8 Å². The first-order valence-electron chi connectivity index (χ1n) is 9.18. The van der Waals surface area contributed by atoms with Gasteiger partial charge in [0.25, 0.3) is 5.91 Å². The topological polar surface area (TPSA) is 77.0 Å². The number of nitrogens with one attached hydrogen (secondary N) is 1. The van der Waals surface area contributed by atoms with Gasteiger partial charge in [0.2, 0.25) is 0 Å². The van der Waals surface area contributed by atoms with E-state index in [-0.39, 0.29) is 18.6 Å². The van der Waals surface area contributed by atoms with Gasteiger partial charge in [0.15, 0.2) is 11.8 Å². The summed E-state index contributed by atoms with van der Waals surface area (Å²) in [5.74, 6) is -0.0389. The van der Waals surface area contributed by atoms with Gasteiger partial charge in [-0.05, 0) is 67.9 Å². The van der Waals surface area contributed by atoms with Crippen LogP contribution >= 0.6 is 11.8 Å². The number of para-hydroxylation sites is 1. The molecule has 1 amide bonds. The Balaban J connectivity index is 1.63. The highest BCUT2D eigenvalue weighted by atomic mass is 32.2. The predicted molar refractivity (Wildman–Crippen MR) is 115 cm³/mol. The van der Waals surface area contributed by atoms with E-state index in [1.165, 1.54) is 11.8 Å². The number of aliphatic imine (C=N–C) groups is 1. The molecule has 0 aliphatic carbocycles. The molecule has 1 fully saturated rings. The number of nitrogens with zero attached hydrogens (tertiary/aromatic N) is 1. The van der Waals surface area contributed by atoms with Crippen LogP contribution in [0.25, 0.3) is 6.08 Å². The SMILES string of the molecule is Cc1ccccc1N=C1NC(=O)/C(=C/c2ccc(OCC(=O)OC(C)C)cc2)S1. The molecule has 2 aromatic carbocycles. The Hall–Kier alpha value is -3.06. The van der Waals surface area contributed by atoms with Crippen LogP contribution in [-0.4, -0.2) is 29.8 Å². The van der Waals surface area contributed by atoms with Crippen molar-refractivity contribution in [3.05, 3.63) is 64.6 Å². The molecule has 0 bridgehead atoms. The number of hydrogen-bond acceptors (Lipinski definition) is 6. The van der Waals surface area contributed by atoms with Gasteiger partial charge in [-0.1, -0.05) is 30.3 Å². The molecule has 1 aliphatic rings. The average molecular weight is 410 g/mol. The van der Waals surface area contributed by atoms with E-state index in [9.17, 15) is 9.59 Å². The number of amidine groups is 1. The molecule has 1 saturated heterocycles. The molecule has 1 heterocycles. The van der Waals surface area contributed by atoms with Crippen LogP contribution in [0.4, 0.5) is 5.69 Å². The quantitative estimate of drug-likeness (QED) is 0.570. The third-order valence-electron chi connectivity index (χ3n) is 3.89. The van der Waals surface area contributed by atoms with Crippen LogP contribution in [0.15, 0.2) is 58.4 Å². The lowest BCUT2D eigenvalue weighted by Crippen LogP contribution is -2.19. The molecule has 0 saturated carbocycles. The molecule has 0 atom stereocenters. The van der Waals surface area contributed by atoms with Crippen LogP contribution in [0.5, 0.6) is 5.75 Å². The van der Waals surface area contributed by atoms with E-state index in [4.69, 9.17) is 9.47 Å². The summed E-state index contributed by atoms with van der Waals surface area (Å²) in [5.41, 5.74) is 2.71. The Morgan fingerprint density at radius 3 is 2.59 bits per heavy atom. The Morgan fingerprint density at radius 2 is 1.90 bits per heavy atom. The van der Waals surface area contributed by atoms with E-state index in [1.807, 2.05) is 43.3 Å². The minimum atomic E-state index is -0.411. The molecule has 7 heteroatoms. The van der Waals surface area contributed by atoms with Crippen LogP contribution in [0, 0.1) is 6.92 Å². The van der Waals surface area contributed by atoms with Gasteiger partial charge in [0.05, 0.1) is 16.7 Å². The standard InChI is InChI=1S/C22H22N2O4S/c1-14(2)28-20(25)13-27-17-10-8-16(9-11-17)12-19-21(26)24-22(29-19)23-18-7-5-4-6-15(18)3/h4-12,14H,13H2,1-3H3,(H,23,24,26)/b19-12-. The Morgan fingerprint density at radius 1 is 1.17 bits per heavy atom. The van der Waals surface area contributed by atoms with Crippen LogP contribution in [0.1, 0.15) is 25.0 Å². The largest absolute Gasteiger partial charge is 0.482 e. The van der Waals surface area contributed by atoms with Gasteiger partial charge in [-0.15, -0.1) is 0 Å². The van der Waals surface area contributed by atoms with Gasteiger partial charge in [-0.2, -0.15) is 0 Å². The first-order chi connectivity index (χ1) is 13.9. The van der Waals surface area contributed by atoms with Crippen molar-refractivity contribution in [2.24, 2.45) is 4.99 Å². The minimum absolute atomic E-state index is 0.143. The molecule has 29 heavy (non-hydrogen) atoms. The van der Waals surface area contributed by atoms with Gasteiger partial charge in [0.1, 0.15) is 5.75 Å². The molecule has 6 nitrogen and oxygen atoms in total. The van der Waals surface area contributed by atoms with E-state index in [2.05, 4.69) is 10.3 Å². The van der Waals surface area contributed by atoms with Gasteiger partial charge >= 0.3 is 5.97 Å². The zero-order valence-corrected chi connectivity index (χ0v) is 17.3. The number of benzene rings is 2. The first-order valence-corrected chi connectivity index (χ1v) is 10.00. The summed E-state index contributed by atoms with van der Waals surface area (Å²) in [7, 11) is 0. The number of thioether (sulfide) groups is 1. The van der Waals surface area contributed by atoms with Crippen LogP contribution < -0.4 is 10.1 Å². The normalized spacial score (nSPS) is 16.3. The van der Waals surface area contributed by atoms with Crippen molar-refractivity contribution in [3.8, 4) is 5.75 Å². The van der Waals surface area contributed by atoms with Crippen molar-refractivity contribution in [1.29, 1.82) is 0 Å². The second-order valence-electron chi connectivity index (χ2n) is 6.66. The molecule has 0 unspecified atom stereocenters. The Bertz CT molecular complexity index is 965. The van der Waals surface area contributed by atoms with E-state index < -0.39 is 5.97 Å². The highest BCUT2D eigenvalue weighted by molar-refractivity contribution is 8.18. The van der Waals surface area contributed by atoms with Crippen LogP contribution in [-0.2, 0) is 14.3 Å². The molecule has 2 aromatic rings. The minimum Gasteiger partial charge on any atom is -0.482 e. The summed E-state index contributed by atoms with van der Waals surface area (Å²) in [6.45, 7) is 5.41. The van der Waals surface area contributed by atoms with Crippen molar-refractivity contribution >= 4 is 40.6 Å². The monoisotopic (exact) mass is 410 g/mol. The molecular formula is C22H22N2O4S. The molecule has 0 spiro atoms. The van der Waals surface area contributed by atoms with E-state index in [1.54, 1.807) is 32.1 Å². The smallest absolute Gasteiger partial charge is 0.344 e. The molecule has 0 radical (unpaired) electrons. The summed E-state index contributed by atoms with van der Waals surface area (Å²) in [6, 6.07) is 14.9. The summed E-state index contributed by atoms with van der Waals surface area (Å²) in [5, 5.41) is 3.34. The number of rotatable bonds is 6.